The highest BCUT2D eigenvalue weighted by molar-refractivity contribution is 5.88. The van der Waals surface area contributed by atoms with Crippen molar-refractivity contribution in [2.45, 2.75) is 19.1 Å². The zero-order valence-corrected chi connectivity index (χ0v) is 21.3. The minimum Gasteiger partial charge on any atom is -0.507 e. The summed E-state index contributed by atoms with van der Waals surface area (Å²) in [6, 6.07) is 30.0. The lowest BCUT2D eigenvalue weighted by molar-refractivity contribution is -0.136. The summed E-state index contributed by atoms with van der Waals surface area (Å²) in [5.41, 5.74) is 1.85. The number of rotatable bonds is 8. The largest absolute Gasteiger partial charge is 0.507 e. The van der Waals surface area contributed by atoms with Crippen LogP contribution in [0.2, 0.25) is 0 Å². The Morgan fingerprint density at radius 3 is 2.12 bits per heavy atom. The molecule has 2 N–H and O–H groups in total. The van der Waals surface area contributed by atoms with E-state index < -0.39 is 29.3 Å². The second-order valence-corrected chi connectivity index (χ2v) is 9.03. The molecule has 200 valence electrons. The molecule has 8 heteroatoms. The average molecular weight is 536 g/mol. The molecule has 1 atom stereocenters. The van der Waals surface area contributed by atoms with Gasteiger partial charge in [-0.05, 0) is 11.1 Å². The first-order chi connectivity index (χ1) is 19.5. The Hall–Kier alpha value is -5.37. The van der Waals surface area contributed by atoms with Crippen LogP contribution in [0, 0.1) is 0 Å². The Bertz CT molecular complexity index is 1680. The van der Waals surface area contributed by atoms with Crippen LogP contribution in [0.15, 0.2) is 118 Å². The van der Waals surface area contributed by atoms with Crippen LogP contribution in [-0.4, -0.2) is 23.2 Å². The van der Waals surface area contributed by atoms with Crippen molar-refractivity contribution in [1.82, 2.24) is 5.32 Å². The summed E-state index contributed by atoms with van der Waals surface area (Å²) >= 11 is 0. The van der Waals surface area contributed by atoms with Gasteiger partial charge in [0.1, 0.15) is 40.9 Å². The Morgan fingerprint density at radius 2 is 1.45 bits per heavy atom. The summed E-state index contributed by atoms with van der Waals surface area (Å²) in [5.74, 6) is -0.948. The molecule has 0 aliphatic heterocycles. The lowest BCUT2D eigenvalue weighted by atomic mass is 10.1. The summed E-state index contributed by atoms with van der Waals surface area (Å²) in [4.78, 5) is 38.6. The van der Waals surface area contributed by atoms with Gasteiger partial charge in [-0.3, -0.25) is 4.79 Å². The van der Waals surface area contributed by atoms with Gasteiger partial charge < -0.3 is 24.3 Å². The molecule has 0 radical (unpaired) electrons. The number of phenols is 1. The molecular weight excluding hydrogens is 510 g/mol. The molecule has 0 saturated carbocycles. The summed E-state index contributed by atoms with van der Waals surface area (Å²) in [5, 5.41) is 13.1. The molecule has 4 aromatic carbocycles. The third kappa shape index (κ3) is 6.36. The normalized spacial score (nSPS) is 11.5. The number of ether oxygens (including phenoxy) is 2. The highest BCUT2D eigenvalue weighted by Gasteiger charge is 2.25. The molecule has 5 rings (SSSR count). The van der Waals surface area contributed by atoms with E-state index in [1.54, 1.807) is 24.3 Å². The number of amides is 1. The Kier molecular flexibility index (Phi) is 7.87. The second kappa shape index (κ2) is 12.0. The van der Waals surface area contributed by atoms with Crippen molar-refractivity contribution in [3.05, 3.63) is 131 Å². The predicted octanol–water partition coefficient (Wildman–Crippen LogP) is 5.61. The fraction of sp³-hybridized carbons (Fsp3) is 0.0938. The molecule has 1 aromatic heterocycles. The molecule has 40 heavy (non-hydrogen) atoms. The third-order valence-corrected chi connectivity index (χ3v) is 6.13. The molecule has 8 nitrogen and oxygen atoms in total. The highest BCUT2D eigenvalue weighted by atomic mass is 16.6. The summed E-state index contributed by atoms with van der Waals surface area (Å²) < 4.78 is 16.7. The summed E-state index contributed by atoms with van der Waals surface area (Å²) in [6.45, 7) is 0.0289. The Morgan fingerprint density at radius 1 is 0.825 bits per heavy atom. The molecule has 5 aromatic rings. The maximum Gasteiger partial charge on any atom is 0.408 e. The zero-order chi connectivity index (χ0) is 27.9. The summed E-state index contributed by atoms with van der Waals surface area (Å²) in [6.07, 6.45) is -0.658. The quantitative estimate of drug-likeness (QED) is 0.196. The number of carbonyl (C=O) groups is 2. The number of alkyl carbamates (subject to hydrolysis) is 1. The van der Waals surface area contributed by atoms with Crippen LogP contribution < -0.4 is 15.5 Å². The van der Waals surface area contributed by atoms with E-state index in [0.717, 1.165) is 17.2 Å². The summed E-state index contributed by atoms with van der Waals surface area (Å²) in [7, 11) is 0. The van der Waals surface area contributed by atoms with Crippen molar-refractivity contribution in [3.63, 3.8) is 0 Å². The maximum atomic E-state index is 13.3. The molecule has 0 aliphatic carbocycles. The van der Waals surface area contributed by atoms with E-state index in [9.17, 15) is 19.5 Å². The van der Waals surface area contributed by atoms with Crippen LogP contribution in [0.1, 0.15) is 11.1 Å². The van der Waals surface area contributed by atoms with Gasteiger partial charge in [-0.15, -0.1) is 0 Å². The van der Waals surface area contributed by atoms with E-state index >= 15 is 0 Å². The van der Waals surface area contributed by atoms with Crippen LogP contribution in [0.5, 0.6) is 11.5 Å². The van der Waals surface area contributed by atoms with E-state index in [1.807, 2.05) is 66.7 Å². The number of nitrogens with one attached hydrogen (secondary N) is 1. The first-order valence-electron chi connectivity index (χ1n) is 12.6. The number of hydrogen-bond donors (Lipinski definition) is 2. The lowest BCUT2D eigenvalue weighted by Crippen LogP contribution is -2.44. The van der Waals surface area contributed by atoms with E-state index in [0.29, 0.717) is 11.3 Å². The van der Waals surface area contributed by atoms with Crippen molar-refractivity contribution < 1.29 is 28.6 Å². The molecule has 1 heterocycles. The van der Waals surface area contributed by atoms with Crippen LogP contribution in [0.25, 0.3) is 22.3 Å². The van der Waals surface area contributed by atoms with Crippen molar-refractivity contribution in [3.8, 4) is 22.8 Å². The second-order valence-electron chi connectivity index (χ2n) is 9.03. The van der Waals surface area contributed by atoms with E-state index in [4.69, 9.17) is 13.9 Å². The predicted molar refractivity (Wildman–Crippen MR) is 149 cm³/mol. The van der Waals surface area contributed by atoms with Gasteiger partial charge >= 0.3 is 12.1 Å². The number of fused-ring (bicyclic) bond motifs is 1. The van der Waals surface area contributed by atoms with Crippen LogP contribution in [0.3, 0.4) is 0 Å². The van der Waals surface area contributed by atoms with Gasteiger partial charge in [-0.25, -0.2) is 9.59 Å². The van der Waals surface area contributed by atoms with Crippen LogP contribution in [0.4, 0.5) is 4.79 Å². The van der Waals surface area contributed by atoms with E-state index in [-0.39, 0.29) is 29.7 Å². The van der Waals surface area contributed by atoms with E-state index in [1.165, 1.54) is 12.1 Å². The topological polar surface area (TPSA) is 115 Å². The van der Waals surface area contributed by atoms with Gasteiger partial charge in [0.05, 0.1) is 0 Å². The average Bonchev–Trinajstić information content (AvgIpc) is 2.97. The fourth-order valence-corrected chi connectivity index (χ4v) is 4.18. The first-order valence-corrected chi connectivity index (χ1v) is 12.6. The van der Waals surface area contributed by atoms with Crippen LogP contribution in [-0.2, 0) is 22.6 Å². The van der Waals surface area contributed by atoms with Gasteiger partial charge in [-0.1, -0.05) is 91.0 Å². The third-order valence-electron chi connectivity index (χ3n) is 6.13. The first kappa shape index (κ1) is 26.2. The van der Waals surface area contributed by atoms with Crippen LogP contribution >= 0.6 is 0 Å². The minimum atomic E-state index is -1.11. The van der Waals surface area contributed by atoms with Gasteiger partial charge in [0.2, 0.25) is 0 Å². The Balaban J connectivity index is 1.38. The van der Waals surface area contributed by atoms with E-state index in [2.05, 4.69) is 5.32 Å². The van der Waals surface area contributed by atoms with Crippen molar-refractivity contribution >= 4 is 23.0 Å². The van der Waals surface area contributed by atoms with Crippen molar-refractivity contribution in [2.24, 2.45) is 0 Å². The molecule has 1 amide bonds. The monoisotopic (exact) mass is 535 g/mol. The number of aromatic hydroxyl groups is 1. The Labute approximate surface area is 229 Å². The number of benzene rings is 4. The number of phenolic OH excluding ortho intramolecular Hbond substituents is 1. The van der Waals surface area contributed by atoms with Gasteiger partial charge in [-0.2, -0.15) is 0 Å². The molecule has 0 fully saturated rings. The fourth-order valence-electron chi connectivity index (χ4n) is 4.18. The van der Waals surface area contributed by atoms with Gasteiger partial charge in [0, 0.05) is 30.2 Å². The number of hydrogen-bond acceptors (Lipinski definition) is 7. The van der Waals surface area contributed by atoms with Crippen molar-refractivity contribution in [2.75, 3.05) is 0 Å². The standard InChI is InChI=1S/C32H25NO7/c34-26-17-24(18-29-30(26)27(35)19-28(40-29)23-14-8-3-9-15-23)39-31(36)25(16-21-10-4-1-5-11-21)33-32(37)38-20-22-12-6-2-7-13-22/h1-15,17-19,25,34H,16,20H2,(H,33,37)/t25-/m1/s1. The number of carbonyl (C=O) groups excluding carboxylic acids is 2. The molecule has 0 spiro atoms. The van der Waals surface area contributed by atoms with Crippen molar-refractivity contribution in [1.29, 1.82) is 0 Å². The smallest absolute Gasteiger partial charge is 0.408 e. The molecular formula is C32H25NO7. The number of esters is 1. The SMILES string of the molecule is O=C(N[C@H](Cc1ccccc1)C(=O)Oc1cc(O)c2c(=O)cc(-c3ccccc3)oc2c1)OCc1ccccc1. The lowest BCUT2D eigenvalue weighted by Gasteiger charge is -2.18. The highest BCUT2D eigenvalue weighted by Crippen LogP contribution is 2.31. The molecule has 0 saturated heterocycles. The molecule has 0 unspecified atom stereocenters. The van der Waals surface area contributed by atoms with Gasteiger partial charge in [0.15, 0.2) is 5.43 Å². The van der Waals surface area contributed by atoms with Gasteiger partial charge in [0.25, 0.3) is 0 Å². The zero-order valence-electron chi connectivity index (χ0n) is 21.3. The maximum absolute atomic E-state index is 13.3. The molecule has 0 aliphatic rings. The molecule has 0 bridgehead atoms. The minimum absolute atomic E-state index is 0.0289.